The van der Waals surface area contributed by atoms with E-state index in [0.717, 1.165) is 5.56 Å². The van der Waals surface area contributed by atoms with Crippen molar-refractivity contribution in [1.82, 2.24) is 10.3 Å². The second kappa shape index (κ2) is 13.6. The van der Waals surface area contributed by atoms with Gasteiger partial charge in [0.2, 0.25) is 0 Å². The number of para-hydroxylation sites is 1. The van der Waals surface area contributed by atoms with Gasteiger partial charge in [-0.1, -0.05) is 60.1 Å². The molecule has 0 unspecified atom stereocenters. The van der Waals surface area contributed by atoms with Crippen LogP contribution >= 0.6 is 23.8 Å². The molecule has 0 bridgehead atoms. The van der Waals surface area contributed by atoms with Crippen molar-refractivity contribution >= 4 is 57.6 Å². The van der Waals surface area contributed by atoms with E-state index in [-0.39, 0.29) is 53.0 Å². The standard InChI is InChI=1S/C29H26ClN3O6S/c1-3-36-27(34)23-24(38-17-18-11-7-5-8-12-18)20-15-16-21(30)25(39-19-13-9-6-10-14-19)22(20)26(31-23)32-28(40)33-29(35)37-4-2/h5-16H,3-4,17H2,1-2H3,(H2,31,32,33,35,40). The Hall–Kier alpha value is -4.41. The van der Waals surface area contributed by atoms with Crippen molar-refractivity contribution < 1.29 is 28.5 Å². The van der Waals surface area contributed by atoms with E-state index in [2.05, 4.69) is 15.6 Å². The van der Waals surface area contributed by atoms with Crippen molar-refractivity contribution in [2.24, 2.45) is 0 Å². The maximum Gasteiger partial charge on any atom is 0.413 e. The highest BCUT2D eigenvalue weighted by Crippen LogP contribution is 2.44. The molecule has 0 saturated heterocycles. The average Bonchev–Trinajstić information content (AvgIpc) is 2.95. The second-order valence-corrected chi connectivity index (χ2v) is 8.96. The molecule has 0 radical (unpaired) electrons. The van der Waals surface area contributed by atoms with E-state index >= 15 is 0 Å². The van der Waals surface area contributed by atoms with Gasteiger partial charge in [0.15, 0.2) is 22.3 Å². The van der Waals surface area contributed by atoms with Gasteiger partial charge in [-0.25, -0.2) is 14.6 Å². The van der Waals surface area contributed by atoms with Crippen LogP contribution in [0.3, 0.4) is 0 Å². The van der Waals surface area contributed by atoms with Gasteiger partial charge >= 0.3 is 12.1 Å². The Bertz CT molecular complexity index is 1520. The molecule has 4 aromatic rings. The van der Waals surface area contributed by atoms with E-state index in [9.17, 15) is 9.59 Å². The Balaban J connectivity index is 1.90. The summed E-state index contributed by atoms with van der Waals surface area (Å²) in [6.07, 6.45) is -0.753. The van der Waals surface area contributed by atoms with Crippen molar-refractivity contribution in [3.8, 4) is 17.2 Å². The largest absolute Gasteiger partial charge is 0.486 e. The van der Waals surface area contributed by atoms with Gasteiger partial charge in [0.1, 0.15) is 18.2 Å². The number of aromatic nitrogens is 1. The predicted molar refractivity (Wildman–Crippen MR) is 156 cm³/mol. The van der Waals surface area contributed by atoms with Crippen LogP contribution in [0.15, 0.2) is 72.8 Å². The number of rotatable bonds is 9. The minimum absolute atomic E-state index is 0.0837. The summed E-state index contributed by atoms with van der Waals surface area (Å²) in [4.78, 5) is 29.6. The quantitative estimate of drug-likeness (QED) is 0.162. The molecule has 1 heterocycles. The molecule has 4 rings (SSSR count). The van der Waals surface area contributed by atoms with Crippen LogP contribution in [-0.4, -0.2) is 35.4 Å². The zero-order valence-electron chi connectivity index (χ0n) is 21.7. The Morgan fingerprint density at radius 3 is 2.25 bits per heavy atom. The maximum atomic E-state index is 13.1. The molecule has 0 atom stereocenters. The van der Waals surface area contributed by atoms with Crippen LogP contribution in [0.4, 0.5) is 10.6 Å². The van der Waals surface area contributed by atoms with Crippen molar-refractivity contribution in [2.75, 3.05) is 18.5 Å². The molecule has 206 valence electrons. The fourth-order valence-corrected chi connectivity index (χ4v) is 4.11. The number of nitrogens with zero attached hydrogens (tertiary/aromatic N) is 1. The molecule has 0 fully saturated rings. The third-order valence-corrected chi connectivity index (χ3v) is 5.91. The van der Waals surface area contributed by atoms with Crippen molar-refractivity contribution in [1.29, 1.82) is 0 Å². The fraction of sp³-hybridized carbons (Fsp3) is 0.172. The summed E-state index contributed by atoms with van der Waals surface area (Å²) in [6, 6.07) is 21.8. The van der Waals surface area contributed by atoms with Crippen LogP contribution < -0.4 is 20.1 Å². The Labute approximate surface area is 241 Å². The number of fused-ring (bicyclic) bond motifs is 1. The van der Waals surface area contributed by atoms with Crippen LogP contribution in [0.5, 0.6) is 17.2 Å². The van der Waals surface area contributed by atoms with Crippen molar-refractivity contribution in [3.63, 3.8) is 0 Å². The lowest BCUT2D eigenvalue weighted by atomic mass is 10.1. The first-order chi connectivity index (χ1) is 19.4. The number of alkyl carbamates (subject to hydrolysis) is 1. The van der Waals surface area contributed by atoms with Crippen molar-refractivity contribution in [2.45, 2.75) is 20.5 Å². The van der Waals surface area contributed by atoms with Gasteiger partial charge in [0, 0.05) is 5.39 Å². The molecule has 0 aliphatic heterocycles. The molecule has 1 aromatic heterocycles. The van der Waals surface area contributed by atoms with Gasteiger partial charge in [-0.15, -0.1) is 0 Å². The topological polar surface area (TPSA) is 108 Å². The van der Waals surface area contributed by atoms with Gasteiger partial charge in [-0.3, -0.25) is 5.32 Å². The number of hydrogen-bond donors (Lipinski definition) is 2. The van der Waals surface area contributed by atoms with E-state index in [0.29, 0.717) is 16.5 Å². The fourth-order valence-electron chi connectivity index (χ4n) is 3.74. The number of hydrogen-bond acceptors (Lipinski definition) is 8. The Morgan fingerprint density at radius 1 is 0.900 bits per heavy atom. The van der Waals surface area contributed by atoms with Gasteiger partial charge in [-0.05, 0) is 55.9 Å². The van der Waals surface area contributed by atoms with Gasteiger partial charge < -0.3 is 24.3 Å². The Morgan fingerprint density at radius 2 is 1.57 bits per heavy atom. The normalized spacial score (nSPS) is 10.5. The number of amides is 1. The lowest BCUT2D eigenvalue weighted by molar-refractivity contribution is 0.0514. The SMILES string of the molecule is CCOC(=O)NC(=S)Nc1nc(C(=O)OCC)c(OCc2ccccc2)c2ccc(Cl)c(Oc3ccccc3)c12. The minimum atomic E-state index is -0.753. The number of esters is 1. The lowest BCUT2D eigenvalue weighted by Gasteiger charge is -2.20. The summed E-state index contributed by atoms with van der Waals surface area (Å²) in [7, 11) is 0. The molecule has 40 heavy (non-hydrogen) atoms. The third kappa shape index (κ3) is 6.96. The van der Waals surface area contributed by atoms with Gasteiger partial charge in [0.25, 0.3) is 0 Å². The van der Waals surface area contributed by atoms with Crippen LogP contribution in [0.2, 0.25) is 5.02 Å². The van der Waals surface area contributed by atoms with E-state index in [1.165, 1.54) is 0 Å². The monoisotopic (exact) mass is 579 g/mol. The van der Waals surface area contributed by atoms with Gasteiger partial charge in [-0.2, -0.15) is 0 Å². The molecule has 0 spiro atoms. The van der Waals surface area contributed by atoms with E-state index in [1.54, 1.807) is 38.1 Å². The van der Waals surface area contributed by atoms with Crippen LogP contribution in [0.25, 0.3) is 10.8 Å². The number of carbonyl (C=O) groups excluding carboxylic acids is 2. The number of thiocarbonyl (C=S) groups is 1. The first-order valence-electron chi connectivity index (χ1n) is 12.4. The summed E-state index contributed by atoms with van der Waals surface area (Å²) in [5.74, 6) is 0.290. The van der Waals surface area contributed by atoms with Crippen LogP contribution in [0.1, 0.15) is 29.9 Å². The molecule has 1 amide bonds. The molecule has 0 saturated carbocycles. The molecular formula is C29H26ClN3O6S. The first kappa shape index (κ1) is 28.6. The summed E-state index contributed by atoms with van der Waals surface area (Å²) in [6.45, 7) is 3.77. The zero-order chi connectivity index (χ0) is 28.5. The van der Waals surface area contributed by atoms with E-state index < -0.39 is 12.1 Å². The Kier molecular flexibility index (Phi) is 9.71. The van der Waals surface area contributed by atoms with Crippen LogP contribution in [-0.2, 0) is 16.1 Å². The number of carbonyl (C=O) groups is 2. The minimum Gasteiger partial charge on any atom is -0.486 e. The first-order valence-corrected chi connectivity index (χ1v) is 13.2. The summed E-state index contributed by atoms with van der Waals surface area (Å²) in [5, 5.41) is 6.24. The molecule has 11 heteroatoms. The number of ether oxygens (including phenoxy) is 4. The zero-order valence-corrected chi connectivity index (χ0v) is 23.3. The van der Waals surface area contributed by atoms with Crippen LogP contribution in [0, 0.1) is 0 Å². The van der Waals surface area contributed by atoms with E-state index in [4.69, 9.17) is 42.8 Å². The molecule has 2 N–H and O–H groups in total. The average molecular weight is 580 g/mol. The summed E-state index contributed by atoms with van der Waals surface area (Å²) >= 11 is 11.9. The number of anilines is 1. The van der Waals surface area contributed by atoms with Crippen molar-refractivity contribution in [3.05, 3.63) is 89.1 Å². The molecule has 0 aliphatic rings. The third-order valence-electron chi connectivity index (χ3n) is 5.41. The summed E-state index contributed by atoms with van der Waals surface area (Å²) < 4.78 is 22.6. The molecular weight excluding hydrogens is 554 g/mol. The molecule has 0 aliphatic carbocycles. The predicted octanol–water partition coefficient (Wildman–Crippen LogP) is 6.88. The number of nitrogens with one attached hydrogen (secondary N) is 2. The smallest absolute Gasteiger partial charge is 0.413 e. The lowest BCUT2D eigenvalue weighted by Crippen LogP contribution is -2.35. The summed E-state index contributed by atoms with van der Waals surface area (Å²) in [5.41, 5.74) is 0.780. The highest BCUT2D eigenvalue weighted by atomic mass is 35.5. The number of halogens is 1. The molecule has 3 aromatic carbocycles. The van der Waals surface area contributed by atoms with E-state index in [1.807, 2.05) is 48.5 Å². The highest BCUT2D eigenvalue weighted by Gasteiger charge is 2.26. The molecule has 9 nitrogen and oxygen atoms in total. The second-order valence-electron chi connectivity index (χ2n) is 8.15. The maximum absolute atomic E-state index is 13.1. The van der Waals surface area contributed by atoms with Gasteiger partial charge in [0.05, 0.1) is 23.6 Å². The highest BCUT2D eigenvalue weighted by molar-refractivity contribution is 7.80. The number of pyridine rings is 1. The number of benzene rings is 3.